The van der Waals surface area contributed by atoms with Crippen LogP contribution in [0.5, 0.6) is 0 Å². The van der Waals surface area contributed by atoms with Crippen molar-refractivity contribution in [2.24, 2.45) is 0 Å². The van der Waals surface area contributed by atoms with Crippen molar-refractivity contribution in [3.8, 4) is 0 Å². The molecule has 0 radical (unpaired) electrons. The summed E-state index contributed by atoms with van der Waals surface area (Å²) in [5.41, 5.74) is 3.42. The first-order valence-electron chi connectivity index (χ1n) is 9.49. The maximum absolute atomic E-state index is 13.0. The van der Waals surface area contributed by atoms with E-state index in [0.717, 1.165) is 5.56 Å². The zero-order valence-electron chi connectivity index (χ0n) is 16.4. The van der Waals surface area contributed by atoms with Gasteiger partial charge >= 0.3 is 0 Å². The second-order valence-electron chi connectivity index (χ2n) is 6.93. The van der Waals surface area contributed by atoms with Crippen LogP contribution in [-0.2, 0) is 13.1 Å². The highest BCUT2D eigenvalue weighted by Gasteiger charge is 2.06. The number of aryl methyl sites for hydroxylation is 1. The molecule has 152 valence electrons. The summed E-state index contributed by atoms with van der Waals surface area (Å²) in [7, 11) is 0. The minimum absolute atomic E-state index is 0.251. The van der Waals surface area contributed by atoms with Crippen LogP contribution in [0, 0.1) is 12.7 Å². The SMILES string of the molecule is Cc1ccccc1Cn1ccc(NC(=S)Nc2ccn(Cc3ccc(F)cc3)n2)n1. The third-order valence-corrected chi connectivity index (χ3v) is 4.82. The second kappa shape index (κ2) is 8.87. The van der Waals surface area contributed by atoms with E-state index in [2.05, 4.69) is 39.9 Å². The molecule has 0 bridgehead atoms. The van der Waals surface area contributed by atoms with Crippen molar-refractivity contribution in [3.05, 3.63) is 95.6 Å². The lowest BCUT2D eigenvalue weighted by atomic mass is 10.1. The first kappa shape index (κ1) is 19.8. The van der Waals surface area contributed by atoms with Crippen LogP contribution in [0.25, 0.3) is 0 Å². The van der Waals surface area contributed by atoms with Gasteiger partial charge in [0.25, 0.3) is 0 Å². The quantitative estimate of drug-likeness (QED) is 0.452. The highest BCUT2D eigenvalue weighted by atomic mass is 32.1. The lowest BCUT2D eigenvalue weighted by Crippen LogP contribution is -2.20. The molecular weight excluding hydrogens is 399 g/mol. The number of benzene rings is 2. The molecule has 0 aliphatic rings. The molecule has 0 amide bonds. The number of aromatic nitrogens is 4. The number of halogens is 1. The fourth-order valence-corrected chi connectivity index (χ4v) is 3.24. The van der Waals surface area contributed by atoms with E-state index in [0.29, 0.717) is 29.8 Å². The van der Waals surface area contributed by atoms with Crippen molar-refractivity contribution in [3.63, 3.8) is 0 Å². The fourth-order valence-electron chi connectivity index (χ4n) is 3.04. The largest absolute Gasteiger partial charge is 0.316 e. The zero-order valence-corrected chi connectivity index (χ0v) is 17.2. The van der Waals surface area contributed by atoms with Crippen molar-refractivity contribution in [2.45, 2.75) is 20.0 Å². The fraction of sp³-hybridized carbons (Fsp3) is 0.136. The Morgan fingerprint density at radius 1 is 0.867 bits per heavy atom. The van der Waals surface area contributed by atoms with Crippen LogP contribution >= 0.6 is 12.2 Å². The van der Waals surface area contributed by atoms with E-state index in [1.54, 1.807) is 16.8 Å². The maximum Gasteiger partial charge on any atom is 0.177 e. The molecule has 2 heterocycles. The number of rotatable bonds is 6. The summed E-state index contributed by atoms with van der Waals surface area (Å²) >= 11 is 5.37. The van der Waals surface area contributed by atoms with E-state index in [9.17, 15) is 4.39 Å². The predicted octanol–water partition coefficient (Wildman–Crippen LogP) is 4.43. The number of nitrogens with one attached hydrogen (secondary N) is 2. The summed E-state index contributed by atoms with van der Waals surface area (Å²) < 4.78 is 16.6. The molecule has 0 unspecified atom stereocenters. The smallest absolute Gasteiger partial charge is 0.177 e. The molecule has 30 heavy (non-hydrogen) atoms. The van der Waals surface area contributed by atoms with Crippen LogP contribution in [0.1, 0.15) is 16.7 Å². The molecule has 0 saturated heterocycles. The number of hydrogen-bond donors (Lipinski definition) is 2. The summed E-state index contributed by atoms with van der Waals surface area (Å²) in [4.78, 5) is 0. The third kappa shape index (κ3) is 5.09. The predicted molar refractivity (Wildman–Crippen MR) is 120 cm³/mol. The molecule has 4 aromatic rings. The van der Waals surface area contributed by atoms with E-state index >= 15 is 0 Å². The lowest BCUT2D eigenvalue weighted by molar-refractivity contribution is 0.624. The van der Waals surface area contributed by atoms with Gasteiger partial charge in [0.05, 0.1) is 13.1 Å². The summed E-state index contributed by atoms with van der Waals surface area (Å²) in [5, 5.41) is 15.5. The van der Waals surface area contributed by atoms with Crippen LogP contribution in [0.2, 0.25) is 0 Å². The Bertz CT molecular complexity index is 1150. The average molecular weight is 421 g/mol. The first-order valence-corrected chi connectivity index (χ1v) is 9.90. The van der Waals surface area contributed by atoms with Gasteiger partial charge in [-0.25, -0.2) is 4.39 Å². The minimum Gasteiger partial charge on any atom is -0.316 e. The Hall–Kier alpha value is -3.52. The average Bonchev–Trinajstić information content (AvgIpc) is 3.35. The molecule has 8 heteroatoms. The second-order valence-corrected chi connectivity index (χ2v) is 7.34. The van der Waals surface area contributed by atoms with Gasteiger partial charge in [-0.15, -0.1) is 0 Å². The van der Waals surface area contributed by atoms with Crippen molar-refractivity contribution < 1.29 is 4.39 Å². The molecule has 0 saturated carbocycles. The summed E-state index contributed by atoms with van der Waals surface area (Å²) in [6, 6.07) is 18.3. The third-order valence-electron chi connectivity index (χ3n) is 4.62. The van der Waals surface area contributed by atoms with Crippen molar-refractivity contribution in [2.75, 3.05) is 10.6 Å². The first-order chi connectivity index (χ1) is 14.5. The van der Waals surface area contributed by atoms with Crippen molar-refractivity contribution in [1.29, 1.82) is 0 Å². The van der Waals surface area contributed by atoms with E-state index in [1.807, 2.05) is 41.3 Å². The highest BCUT2D eigenvalue weighted by molar-refractivity contribution is 7.80. The van der Waals surface area contributed by atoms with Gasteiger partial charge in [0.2, 0.25) is 0 Å². The van der Waals surface area contributed by atoms with Crippen LogP contribution in [0.15, 0.2) is 73.1 Å². The van der Waals surface area contributed by atoms with Gasteiger partial charge in [-0.1, -0.05) is 36.4 Å². The Labute approximate surface area is 179 Å². The maximum atomic E-state index is 13.0. The molecule has 0 atom stereocenters. The van der Waals surface area contributed by atoms with Gasteiger partial charge in [-0.05, 0) is 48.0 Å². The standard InChI is InChI=1S/C22H21FN6S/c1-16-4-2-3-5-18(16)15-29-13-11-21(27-29)25-22(30)24-20-10-12-28(26-20)14-17-6-8-19(23)9-7-17/h2-13H,14-15H2,1H3,(H2,24,25,26,27,30). The van der Waals surface area contributed by atoms with Gasteiger partial charge in [0.15, 0.2) is 16.7 Å². The monoisotopic (exact) mass is 420 g/mol. The number of nitrogens with zero attached hydrogens (tertiary/aromatic N) is 4. The van der Waals surface area contributed by atoms with Crippen molar-refractivity contribution in [1.82, 2.24) is 19.6 Å². The zero-order chi connectivity index (χ0) is 20.9. The van der Waals surface area contributed by atoms with Crippen LogP contribution in [0.3, 0.4) is 0 Å². The van der Waals surface area contributed by atoms with Gasteiger partial charge in [0.1, 0.15) is 5.82 Å². The van der Waals surface area contributed by atoms with Gasteiger partial charge in [-0.2, -0.15) is 10.2 Å². The number of anilines is 2. The van der Waals surface area contributed by atoms with Gasteiger partial charge in [0, 0.05) is 24.5 Å². The summed E-state index contributed by atoms with van der Waals surface area (Å²) in [6.45, 7) is 3.33. The van der Waals surface area contributed by atoms with E-state index in [-0.39, 0.29) is 5.82 Å². The molecule has 6 nitrogen and oxygen atoms in total. The van der Waals surface area contributed by atoms with Gasteiger partial charge < -0.3 is 10.6 Å². The molecule has 0 aliphatic heterocycles. The summed E-state index contributed by atoms with van der Waals surface area (Å²) in [6.07, 6.45) is 3.75. The molecule has 2 N–H and O–H groups in total. The van der Waals surface area contributed by atoms with Crippen LogP contribution < -0.4 is 10.6 Å². The Morgan fingerprint density at radius 3 is 2.10 bits per heavy atom. The highest BCUT2D eigenvalue weighted by Crippen LogP contribution is 2.12. The van der Waals surface area contributed by atoms with E-state index in [1.165, 1.54) is 23.3 Å². The molecule has 4 rings (SSSR count). The molecule has 2 aromatic heterocycles. The normalized spacial score (nSPS) is 10.7. The summed E-state index contributed by atoms with van der Waals surface area (Å²) in [5.74, 6) is 1.03. The molecule has 2 aromatic carbocycles. The molecule has 0 aliphatic carbocycles. The van der Waals surface area contributed by atoms with E-state index < -0.39 is 0 Å². The molecule has 0 spiro atoms. The Balaban J connectivity index is 1.32. The van der Waals surface area contributed by atoms with E-state index in [4.69, 9.17) is 12.2 Å². The Morgan fingerprint density at radius 2 is 1.47 bits per heavy atom. The molecule has 0 fully saturated rings. The van der Waals surface area contributed by atoms with Crippen molar-refractivity contribution >= 4 is 29.0 Å². The minimum atomic E-state index is -0.251. The van der Waals surface area contributed by atoms with Crippen LogP contribution in [-0.4, -0.2) is 24.7 Å². The van der Waals surface area contributed by atoms with Crippen LogP contribution in [0.4, 0.5) is 16.0 Å². The topological polar surface area (TPSA) is 59.7 Å². The number of thiocarbonyl (C=S) groups is 1. The molecular formula is C22H21FN6S. The Kier molecular flexibility index (Phi) is 5.85. The lowest BCUT2D eigenvalue weighted by Gasteiger charge is -2.07. The number of hydrogen-bond acceptors (Lipinski definition) is 3. The van der Waals surface area contributed by atoms with Gasteiger partial charge in [-0.3, -0.25) is 9.36 Å².